The monoisotopic (exact) mass is 271 g/mol. The lowest BCUT2D eigenvalue weighted by Gasteiger charge is -2.32. The summed E-state index contributed by atoms with van der Waals surface area (Å²) in [6.07, 6.45) is 9.01. The van der Waals surface area contributed by atoms with E-state index in [0.717, 1.165) is 31.9 Å². The van der Waals surface area contributed by atoms with Crippen LogP contribution in [0.5, 0.6) is 0 Å². The average molecular weight is 271 g/mol. The van der Waals surface area contributed by atoms with Gasteiger partial charge in [0.05, 0.1) is 12.7 Å². The molecule has 1 rings (SSSR count). The summed E-state index contributed by atoms with van der Waals surface area (Å²) in [5.74, 6) is 0.770. The first kappa shape index (κ1) is 16.9. The van der Waals surface area contributed by atoms with Crippen LogP contribution in [-0.2, 0) is 4.74 Å². The first-order valence-corrected chi connectivity index (χ1v) is 8.12. The predicted octanol–water partition coefficient (Wildman–Crippen LogP) is 3.11. The highest BCUT2D eigenvalue weighted by molar-refractivity contribution is 4.81. The molecule has 0 aromatic heterocycles. The fourth-order valence-electron chi connectivity index (χ4n) is 3.21. The largest absolute Gasteiger partial charge is 0.394 e. The molecular formula is C16H33NO2. The number of aliphatic hydroxyl groups is 1. The zero-order valence-corrected chi connectivity index (χ0v) is 13.1. The molecule has 0 aliphatic heterocycles. The third kappa shape index (κ3) is 5.80. The number of aliphatic hydroxyl groups excluding tert-OH is 1. The topological polar surface area (TPSA) is 41.5 Å². The summed E-state index contributed by atoms with van der Waals surface area (Å²) in [5.41, 5.74) is -0.144. The Labute approximate surface area is 119 Å². The first-order chi connectivity index (χ1) is 9.15. The van der Waals surface area contributed by atoms with E-state index in [1.165, 1.54) is 32.1 Å². The Morgan fingerprint density at radius 3 is 2.63 bits per heavy atom. The van der Waals surface area contributed by atoms with Crippen molar-refractivity contribution in [3.05, 3.63) is 0 Å². The molecule has 0 aromatic rings. The third-order valence-corrected chi connectivity index (χ3v) is 4.52. The van der Waals surface area contributed by atoms with Gasteiger partial charge in [-0.1, -0.05) is 33.1 Å². The van der Waals surface area contributed by atoms with Crippen LogP contribution in [0.4, 0.5) is 0 Å². The van der Waals surface area contributed by atoms with Crippen molar-refractivity contribution in [1.29, 1.82) is 0 Å². The molecule has 3 nitrogen and oxygen atoms in total. The van der Waals surface area contributed by atoms with E-state index in [1.807, 2.05) is 0 Å². The summed E-state index contributed by atoms with van der Waals surface area (Å²) in [7, 11) is 0. The molecule has 1 aliphatic rings. The maximum atomic E-state index is 9.44. The summed E-state index contributed by atoms with van der Waals surface area (Å²) < 4.78 is 6.10. The van der Waals surface area contributed by atoms with Crippen molar-refractivity contribution in [3.63, 3.8) is 0 Å². The Balaban J connectivity index is 2.22. The van der Waals surface area contributed by atoms with Crippen LogP contribution in [0.1, 0.15) is 65.7 Å². The smallest absolute Gasteiger partial charge is 0.0610 e. The zero-order chi connectivity index (χ0) is 14.1. The molecule has 3 atom stereocenters. The van der Waals surface area contributed by atoms with E-state index in [4.69, 9.17) is 4.74 Å². The van der Waals surface area contributed by atoms with Gasteiger partial charge >= 0.3 is 0 Å². The SMILES string of the molecule is CCNC(C)(CO)CCCOC1CCCCC1CC. The Kier molecular flexibility index (Phi) is 7.96. The molecule has 19 heavy (non-hydrogen) atoms. The lowest BCUT2D eigenvalue weighted by molar-refractivity contribution is -0.0160. The molecule has 0 radical (unpaired) electrons. The molecule has 3 heteroatoms. The minimum atomic E-state index is -0.144. The van der Waals surface area contributed by atoms with Crippen LogP contribution in [0.3, 0.4) is 0 Å². The van der Waals surface area contributed by atoms with Gasteiger partial charge in [0.25, 0.3) is 0 Å². The number of ether oxygens (including phenoxy) is 1. The van der Waals surface area contributed by atoms with Gasteiger partial charge in [0.2, 0.25) is 0 Å². The van der Waals surface area contributed by atoms with Gasteiger partial charge in [-0.05, 0) is 45.1 Å². The van der Waals surface area contributed by atoms with E-state index in [2.05, 4.69) is 26.1 Å². The summed E-state index contributed by atoms with van der Waals surface area (Å²) >= 11 is 0. The Hall–Kier alpha value is -0.120. The fourth-order valence-corrected chi connectivity index (χ4v) is 3.21. The summed E-state index contributed by atoms with van der Waals surface area (Å²) in [5, 5.41) is 12.8. The van der Waals surface area contributed by atoms with Crippen LogP contribution < -0.4 is 5.32 Å². The molecule has 0 saturated heterocycles. The van der Waals surface area contributed by atoms with Gasteiger partial charge in [0, 0.05) is 12.1 Å². The molecular weight excluding hydrogens is 238 g/mol. The van der Waals surface area contributed by atoms with Crippen molar-refractivity contribution >= 4 is 0 Å². The van der Waals surface area contributed by atoms with Gasteiger partial charge in [-0.25, -0.2) is 0 Å². The first-order valence-electron chi connectivity index (χ1n) is 8.12. The highest BCUT2D eigenvalue weighted by Crippen LogP contribution is 2.29. The second-order valence-electron chi connectivity index (χ2n) is 6.21. The Bertz CT molecular complexity index is 235. The third-order valence-electron chi connectivity index (χ3n) is 4.52. The van der Waals surface area contributed by atoms with E-state index in [-0.39, 0.29) is 12.1 Å². The van der Waals surface area contributed by atoms with Gasteiger partial charge in [0.1, 0.15) is 0 Å². The molecule has 0 spiro atoms. The molecule has 0 aromatic carbocycles. The summed E-state index contributed by atoms with van der Waals surface area (Å²) in [4.78, 5) is 0. The van der Waals surface area contributed by atoms with Crippen molar-refractivity contribution in [2.24, 2.45) is 5.92 Å². The number of likely N-dealkylation sites (N-methyl/N-ethyl adjacent to an activating group) is 1. The van der Waals surface area contributed by atoms with Crippen LogP contribution in [0.25, 0.3) is 0 Å². The summed E-state index contributed by atoms with van der Waals surface area (Å²) in [6, 6.07) is 0. The van der Waals surface area contributed by atoms with E-state index < -0.39 is 0 Å². The van der Waals surface area contributed by atoms with Gasteiger partial charge in [-0.2, -0.15) is 0 Å². The van der Waals surface area contributed by atoms with Crippen molar-refractivity contribution in [2.75, 3.05) is 19.8 Å². The Morgan fingerprint density at radius 1 is 1.26 bits per heavy atom. The van der Waals surface area contributed by atoms with Crippen LogP contribution in [0.2, 0.25) is 0 Å². The van der Waals surface area contributed by atoms with Crippen molar-refractivity contribution in [1.82, 2.24) is 5.32 Å². The molecule has 0 bridgehead atoms. The molecule has 1 fully saturated rings. The number of nitrogens with one attached hydrogen (secondary N) is 1. The normalized spacial score (nSPS) is 27.2. The van der Waals surface area contributed by atoms with E-state index in [0.29, 0.717) is 6.10 Å². The second kappa shape index (κ2) is 8.93. The van der Waals surface area contributed by atoms with Gasteiger partial charge in [0.15, 0.2) is 0 Å². The van der Waals surface area contributed by atoms with Gasteiger partial charge in [-0.15, -0.1) is 0 Å². The summed E-state index contributed by atoms with van der Waals surface area (Å²) in [6.45, 7) is 8.38. The van der Waals surface area contributed by atoms with Crippen molar-refractivity contribution in [2.45, 2.75) is 77.4 Å². The maximum Gasteiger partial charge on any atom is 0.0610 e. The zero-order valence-electron chi connectivity index (χ0n) is 13.1. The number of rotatable bonds is 9. The van der Waals surface area contributed by atoms with Crippen molar-refractivity contribution in [3.8, 4) is 0 Å². The van der Waals surface area contributed by atoms with Gasteiger partial charge in [-0.3, -0.25) is 0 Å². The minimum absolute atomic E-state index is 0.144. The van der Waals surface area contributed by atoms with Crippen LogP contribution in [-0.4, -0.2) is 36.5 Å². The predicted molar refractivity (Wildman–Crippen MR) is 80.4 cm³/mol. The Morgan fingerprint density at radius 2 is 2.00 bits per heavy atom. The highest BCUT2D eigenvalue weighted by Gasteiger charge is 2.25. The molecule has 0 amide bonds. The highest BCUT2D eigenvalue weighted by atomic mass is 16.5. The average Bonchev–Trinajstić information content (AvgIpc) is 2.44. The molecule has 3 unspecified atom stereocenters. The van der Waals surface area contributed by atoms with Crippen molar-refractivity contribution < 1.29 is 9.84 Å². The van der Waals surface area contributed by atoms with Crippen LogP contribution >= 0.6 is 0 Å². The lowest BCUT2D eigenvalue weighted by atomic mass is 9.85. The van der Waals surface area contributed by atoms with E-state index in [9.17, 15) is 5.11 Å². The van der Waals surface area contributed by atoms with Crippen LogP contribution in [0, 0.1) is 5.92 Å². The molecule has 114 valence electrons. The maximum absolute atomic E-state index is 9.44. The number of hydrogen-bond donors (Lipinski definition) is 2. The minimum Gasteiger partial charge on any atom is -0.394 e. The van der Waals surface area contributed by atoms with Gasteiger partial charge < -0.3 is 15.2 Å². The molecule has 2 N–H and O–H groups in total. The molecule has 1 aliphatic carbocycles. The standard InChI is InChI=1S/C16H33NO2/c1-4-14-9-6-7-10-15(14)19-12-8-11-16(3,13-18)17-5-2/h14-15,17-18H,4-13H2,1-3H3. The fraction of sp³-hybridized carbons (Fsp3) is 1.00. The second-order valence-corrected chi connectivity index (χ2v) is 6.21. The molecule has 1 saturated carbocycles. The quantitative estimate of drug-likeness (QED) is 0.633. The lowest BCUT2D eigenvalue weighted by Crippen LogP contribution is -2.45. The number of hydrogen-bond acceptors (Lipinski definition) is 3. The van der Waals surface area contributed by atoms with E-state index in [1.54, 1.807) is 0 Å². The van der Waals surface area contributed by atoms with Crippen LogP contribution in [0.15, 0.2) is 0 Å². The van der Waals surface area contributed by atoms with E-state index >= 15 is 0 Å². The molecule has 0 heterocycles.